The Balaban J connectivity index is 5.07. The molecule has 0 spiro atoms. The van der Waals surface area contributed by atoms with Crippen LogP contribution in [0.3, 0.4) is 0 Å². The standard InChI is InChI=1S/C38H74N3O10P/c1-7-10-12-14-15-16-17-19-21-23-35(43)50-34(22-20-18-13-11-8-2)24-29-46-31-33(41-37(45)51-38(4,5)6)32-49-52(47-28-9-3)48-30-26-40-36(44)39-25-27-42/h9,33-34,42H,3,7-8,10-32H2,1-2,4-6H3,(H,41,45)(H2,39,40,44)/t33-,34+,52?/m1/s1. The summed E-state index contributed by atoms with van der Waals surface area (Å²) in [6.07, 6.45) is 18.9. The molecule has 0 aliphatic heterocycles. The molecule has 0 aromatic rings. The van der Waals surface area contributed by atoms with Crippen molar-refractivity contribution in [2.75, 3.05) is 52.7 Å². The molecule has 52 heavy (non-hydrogen) atoms. The number of nitrogens with one attached hydrogen (secondary N) is 3. The Bertz CT molecular complexity index is 894. The van der Waals surface area contributed by atoms with Crippen LogP contribution in [0.25, 0.3) is 0 Å². The van der Waals surface area contributed by atoms with Crippen molar-refractivity contribution in [2.45, 2.75) is 162 Å². The van der Waals surface area contributed by atoms with Gasteiger partial charge in [-0.15, -0.1) is 6.58 Å². The van der Waals surface area contributed by atoms with Gasteiger partial charge in [0.2, 0.25) is 0 Å². The molecule has 0 aliphatic rings. The summed E-state index contributed by atoms with van der Waals surface area (Å²) in [5, 5.41) is 16.7. The van der Waals surface area contributed by atoms with Crippen LogP contribution in [0.2, 0.25) is 0 Å². The lowest BCUT2D eigenvalue weighted by Gasteiger charge is -2.25. The average molecular weight is 764 g/mol. The van der Waals surface area contributed by atoms with E-state index >= 15 is 0 Å². The number of carbonyl (C=O) groups is 3. The third-order valence-corrected chi connectivity index (χ3v) is 8.81. The number of urea groups is 1. The Labute approximate surface area is 316 Å². The van der Waals surface area contributed by atoms with Crippen molar-refractivity contribution in [2.24, 2.45) is 0 Å². The lowest BCUT2D eigenvalue weighted by Crippen LogP contribution is -2.44. The van der Waals surface area contributed by atoms with Crippen LogP contribution in [0.15, 0.2) is 12.7 Å². The first-order valence-corrected chi connectivity index (χ1v) is 20.8. The Kier molecular flexibility index (Phi) is 33.4. The number of aliphatic hydroxyl groups excluding tert-OH is 1. The fourth-order valence-electron chi connectivity index (χ4n) is 5.00. The summed E-state index contributed by atoms with van der Waals surface area (Å²) in [7, 11) is -1.84. The highest BCUT2D eigenvalue weighted by atomic mass is 31.2. The number of esters is 1. The molecule has 1 unspecified atom stereocenters. The molecule has 3 atom stereocenters. The average Bonchev–Trinajstić information content (AvgIpc) is 3.09. The minimum Gasteiger partial charge on any atom is -0.462 e. The predicted molar refractivity (Wildman–Crippen MR) is 207 cm³/mol. The van der Waals surface area contributed by atoms with Crippen LogP contribution in [0, 0.1) is 0 Å². The summed E-state index contributed by atoms with van der Waals surface area (Å²) in [5.74, 6) is -0.145. The minimum absolute atomic E-state index is 0.00108. The molecular weight excluding hydrogens is 689 g/mol. The van der Waals surface area contributed by atoms with E-state index in [1.165, 1.54) is 57.8 Å². The van der Waals surface area contributed by atoms with Crippen LogP contribution in [0.4, 0.5) is 9.59 Å². The number of unbranched alkanes of at least 4 members (excludes halogenated alkanes) is 12. The molecule has 0 saturated heterocycles. The van der Waals surface area contributed by atoms with Gasteiger partial charge >= 0.3 is 26.7 Å². The molecule has 306 valence electrons. The van der Waals surface area contributed by atoms with Crippen LogP contribution in [0.5, 0.6) is 0 Å². The van der Waals surface area contributed by atoms with Crippen molar-refractivity contribution in [1.82, 2.24) is 16.0 Å². The third kappa shape index (κ3) is 33.8. The lowest BCUT2D eigenvalue weighted by molar-refractivity contribution is -0.150. The maximum absolute atomic E-state index is 12.8. The molecule has 0 aromatic carbocycles. The fourth-order valence-corrected chi connectivity index (χ4v) is 5.99. The molecule has 0 fully saturated rings. The SMILES string of the molecule is C=CCOP(OCCNC(=O)NCCO)OC[C@@H](COCC[C@H](CCCCCCC)OC(=O)CCCCCCCCCCC)NC(=O)OC(C)(C)C. The normalized spacial score (nSPS) is 13.2. The first-order valence-electron chi connectivity index (χ1n) is 19.7. The molecule has 0 radical (unpaired) electrons. The summed E-state index contributed by atoms with van der Waals surface area (Å²) >= 11 is 0. The van der Waals surface area contributed by atoms with Crippen LogP contribution in [0.1, 0.15) is 144 Å². The van der Waals surface area contributed by atoms with Gasteiger partial charge in [0.1, 0.15) is 11.7 Å². The maximum Gasteiger partial charge on any atom is 0.408 e. The number of hydrogen-bond donors (Lipinski definition) is 4. The molecule has 0 aliphatic carbocycles. The molecule has 0 bridgehead atoms. The first-order chi connectivity index (χ1) is 25.0. The molecule has 13 nitrogen and oxygen atoms in total. The van der Waals surface area contributed by atoms with E-state index in [1.54, 1.807) is 26.8 Å². The van der Waals surface area contributed by atoms with Crippen molar-refractivity contribution >= 4 is 26.7 Å². The summed E-state index contributed by atoms with van der Waals surface area (Å²) in [5.41, 5.74) is -0.696. The largest absolute Gasteiger partial charge is 0.462 e. The van der Waals surface area contributed by atoms with E-state index in [2.05, 4.69) is 36.4 Å². The molecule has 14 heteroatoms. The van der Waals surface area contributed by atoms with Gasteiger partial charge < -0.3 is 48.8 Å². The van der Waals surface area contributed by atoms with E-state index < -0.39 is 32.4 Å². The molecule has 0 rings (SSSR count). The maximum atomic E-state index is 12.8. The van der Waals surface area contributed by atoms with Gasteiger partial charge in [-0.1, -0.05) is 97.0 Å². The van der Waals surface area contributed by atoms with Crippen molar-refractivity contribution in [1.29, 1.82) is 0 Å². The number of hydrogen-bond acceptors (Lipinski definition) is 10. The van der Waals surface area contributed by atoms with E-state index in [9.17, 15) is 14.4 Å². The smallest absolute Gasteiger partial charge is 0.408 e. The first kappa shape index (κ1) is 50.0. The summed E-state index contributed by atoms with van der Waals surface area (Å²) in [6.45, 7) is 14.3. The van der Waals surface area contributed by atoms with Gasteiger partial charge in [-0.2, -0.15) is 0 Å². The van der Waals surface area contributed by atoms with Crippen molar-refractivity contribution in [3.63, 3.8) is 0 Å². The zero-order chi connectivity index (χ0) is 38.7. The van der Waals surface area contributed by atoms with Gasteiger partial charge in [0, 0.05) is 25.9 Å². The highest BCUT2D eigenvalue weighted by Crippen LogP contribution is 2.39. The van der Waals surface area contributed by atoms with Crippen LogP contribution < -0.4 is 16.0 Å². The number of aliphatic hydroxyl groups is 1. The van der Waals surface area contributed by atoms with Crippen LogP contribution >= 0.6 is 8.60 Å². The van der Waals surface area contributed by atoms with Crippen molar-refractivity contribution in [3.05, 3.63) is 12.7 Å². The van der Waals surface area contributed by atoms with E-state index in [4.69, 9.17) is 32.9 Å². The predicted octanol–water partition coefficient (Wildman–Crippen LogP) is 8.23. The second-order valence-electron chi connectivity index (χ2n) is 13.9. The Morgan fingerprint density at radius 1 is 0.769 bits per heavy atom. The Morgan fingerprint density at radius 3 is 2.00 bits per heavy atom. The van der Waals surface area contributed by atoms with Gasteiger partial charge in [-0.05, 0) is 40.0 Å². The van der Waals surface area contributed by atoms with E-state index in [0.717, 1.165) is 38.5 Å². The minimum atomic E-state index is -1.84. The zero-order valence-corrected chi connectivity index (χ0v) is 34.1. The molecule has 3 amide bonds. The summed E-state index contributed by atoms with van der Waals surface area (Å²) < 4.78 is 34.6. The van der Waals surface area contributed by atoms with Crippen LogP contribution in [-0.2, 0) is 32.6 Å². The zero-order valence-electron chi connectivity index (χ0n) is 33.2. The summed E-state index contributed by atoms with van der Waals surface area (Å²) in [4.78, 5) is 37.1. The second kappa shape index (κ2) is 34.7. The number of amides is 3. The summed E-state index contributed by atoms with van der Waals surface area (Å²) in [6, 6.07) is -1.03. The number of ether oxygens (including phenoxy) is 3. The topological polar surface area (TPSA) is 163 Å². The van der Waals surface area contributed by atoms with Crippen molar-refractivity contribution < 1.29 is 47.3 Å². The lowest BCUT2D eigenvalue weighted by atomic mass is 10.1. The number of carbonyl (C=O) groups excluding carboxylic acids is 3. The van der Waals surface area contributed by atoms with Gasteiger partial charge in [-0.3, -0.25) is 4.79 Å². The molecule has 4 N–H and O–H groups in total. The molecule has 0 heterocycles. The van der Waals surface area contributed by atoms with Gasteiger partial charge in [0.05, 0.1) is 45.7 Å². The van der Waals surface area contributed by atoms with Gasteiger partial charge in [0.25, 0.3) is 0 Å². The molecule has 0 saturated carbocycles. The van der Waals surface area contributed by atoms with E-state index in [-0.39, 0.29) is 58.2 Å². The third-order valence-electron chi connectivity index (χ3n) is 7.70. The van der Waals surface area contributed by atoms with E-state index in [0.29, 0.717) is 19.4 Å². The second-order valence-corrected chi connectivity index (χ2v) is 15.2. The number of alkyl carbamates (subject to hydrolysis) is 1. The van der Waals surface area contributed by atoms with Crippen LogP contribution in [-0.4, -0.2) is 93.7 Å². The van der Waals surface area contributed by atoms with Gasteiger partial charge in [-0.25, -0.2) is 9.59 Å². The molecular formula is C38H74N3O10P. The fraction of sp³-hybridized carbons (Fsp3) is 0.868. The quantitative estimate of drug-likeness (QED) is 0.0214. The molecule has 0 aromatic heterocycles. The Morgan fingerprint density at radius 2 is 1.38 bits per heavy atom. The van der Waals surface area contributed by atoms with Gasteiger partial charge in [0.15, 0.2) is 0 Å². The van der Waals surface area contributed by atoms with E-state index in [1.807, 2.05) is 0 Å². The highest BCUT2D eigenvalue weighted by Gasteiger charge is 2.23. The monoisotopic (exact) mass is 764 g/mol. The Hall–Kier alpha value is -2.02. The number of rotatable bonds is 35. The van der Waals surface area contributed by atoms with Crippen molar-refractivity contribution in [3.8, 4) is 0 Å². The highest BCUT2D eigenvalue weighted by molar-refractivity contribution is 7.41.